The van der Waals surface area contributed by atoms with Crippen molar-refractivity contribution in [3.8, 4) is 0 Å². The van der Waals surface area contributed by atoms with Crippen molar-refractivity contribution in [2.75, 3.05) is 26.2 Å². The molecule has 1 N–H and O–H groups in total. The second kappa shape index (κ2) is 6.10. The van der Waals surface area contributed by atoms with E-state index >= 15 is 0 Å². The minimum absolute atomic E-state index is 0.282. The van der Waals surface area contributed by atoms with Crippen molar-refractivity contribution in [3.05, 3.63) is 12.7 Å². The van der Waals surface area contributed by atoms with Gasteiger partial charge in [-0.05, 0) is 13.0 Å². The van der Waals surface area contributed by atoms with Gasteiger partial charge in [0.15, 0.2) is 0 Å². The number of alkyl halides is 2. The molecule has 1 heterocycles. The molecule has 0 radical (unpaired) electrons. The molecule has 1 aliphatic rings. The smallest absolute Gasteiger partial charge is 0.267 e. The third-order valence-corrected chi connectivity index (χ3v) is 3.10. The van der Waals surface area contributed by atoms with Crippen LogP contribution in [0, 0.1) is 0 Å². The fraction of sp³-hybridized carbons (Fsp3) is 0.667. The summed E-state index contributed by atoms with van der Waals surface area (Å²) in [6.07, 6.45) is 0.523. The topological polar surface area (TPSA) is 60.9 Å². The molecular formula is C12H18F2N2O3. The maximum absolute atomic E-state index is 13.2. The second-order valence-electron chi connectivity index (χ2n) is 4.47. The zero-order valence-corrected chi connectivity index (χ0v) is 10.8. The summed E-state index contributed by atoms with van der Waals surface area (Å²) in [6.45, 7) is 3.77. The Morgan fingerprint density at radius 3 is 2.68 bits per heavy atom. The number of likely N-dealkylation sites (N-methyl/N-ethyl adjacent to an activating group) is 1. The average molecular weight is 276 g/mol. The minimum atomic E-state index is -2.98. The predicted molar refractivity (Wildman–Crippen MR) is 64.6 cm³/mol. The molecule has 0 aromatic carbocycles. The Labute approximate surface area is 110 Å². The lowest BCUT2D eigenvalue weighted by atomic mass is 10.2. The molecule has 0 aliphatic carbocycles. The molecule has 0 bridgehead atoms. The number of likely N-dealkylation sites (tertiary alicyclic amines) is 1. The van der Waals surface area contributed by atoms with Gasteiger partial charge < -0.3 is 14.9 Å². The van der Waals surface area contributed by atoms with Gasteiger partial charge in [-0.2, -0.15) is 0 Å². The SMILES string of the molecule is C=CC(=O)N(CC)CC(=O)N1CC(F)(F)CC1CO. The van der Waals surface area contributed by atoms with E-state index in [9.17, 15) is 18.4 Å². The number of rotatable bonds is 5. The van der Waals surface area contributed by atoms with Gasteiger partial charge in [0.2, 0.25) is 11.8 Å². The van der Waals surface area contributed by atoms with Gasteiger partial charge in [-0.15, -0.1) is 0 Å². The maximum atomic E-state index is 13.2. The van der Waals surface area contributed by atoms with E-state index in [1.165, 1.54) is 4.90 Å². The highest BCUT2D eigenvalue weighted by Gasteiger charge is 2.46. The monoisotopic (exact) mass is 276 g/mol. The molecule has 0 saturated carbocycles. The number of carbonyl (C=O) groups excluding carboxylic acids is 2. The summed E-state index contributed by atoms with van der Waals surface area (Å²) in [5.41, 5.74) is 0. The first kappa shape index (κ1) is 15.6. The number of nitrogens with zero attached hydrogens (tertiary/aromatic N) is 2. The summed E-state index contributed by atoms with van der Waals surface area (Å²) in [7, 11) is 0. The molecule has 1 saturated heterocycles. The van der Waals surface area contributed by atoms with Crippen LogP contribution in [0.4, 0.5) is 8.78 Å². The van der Waals surface area contributed by atoms with Crippen LogP contribution < -0.4 is 0 Å². The first-order valence-electron chi connectivity index (χ1n) is 6.04. The van der Waals surface area contributed by atoms with Crippen LogP contribution in [-0.2, 0) is 9.59 Å². The molecule has 19 heavy (non-hydrogen) atoms. The number of hydrogen-bond donors (Lipinski definition) is 1. The summed E-state index contributed by atoms with van der Waals surface area (Å²) in [5, 5.41) is 9.04. The number of aliphatic hydroxyl groups is 1. The molecule has 108 valence electrons. The molecule has 0 spiro atoms. The Morgan fingerprint density at radius 2 is 2.21 bits per heavy atom. The van der Waals surface area contributed by atoms with Gasteiger partial charge in [-0.1, -0.05) is 6.58 Å². The van der Waals surface area contributed by atoms with E-state index in [0.717, 1.165) is 11.0 Å². The van der Waals surface area contributed by atoms with E-state index in [-0.39, 0.29) is 13.1 Å². The molecule has 1 unspecified atom stereocenters. The van der Waals surface area contributed by atoms with Crippen LogP contribution in [0.3, 0.4) is 0 Å². The van der Waals surface area contributed by atoms with Gasteiger partial charge in [-0.25, -0.2) is 8.78 Å². The van der Waals surface area contributed by atoms with Gasteiger partial charge in [0.05, 0.1) is 19.2 Å². The molecular weight excluding hydrogens is 258 g/mol. The maximum Gasteiger partial charge on any atom is 0.267 e. The van der Waals surface area contributed by atoms with Crippen LogP contribution in [-0.4, -0.2) is 64.9 Å². The van der Waals surface area contributed by atoms with E-state index in [0.29, 0.717) is 0 Å². The van der Waals surface area contributed by atoms with E-state index in [2.05, 4.69) is 6.58 Å². The molecule has 1 fully saturated rings. The van der Waals surface area contributed by atoms with Crippen molar-refractivity contribution in [2.45, 2.75) is 25.3 Å². The number of carbonyl (C=O) groups is 2. The van der Waals surface area contributed by atoms with Crippen LogP contribution in [0.5, 0.6) is 0 Å². The molecule has 5 nitrogen and oxygen atoms in total. The highest BCUT2D eigenvalue weighted by molar-refractivity contribution is 5.91. The first-order chi connectivity index (χ1) is 8.84. The molecule has 1 rings (SSSR count). The fourth-order valence-electron chi connectivity index (χ4n) is 2.08. The number of hydrogen-bond acceptors (Lipinski definition) is 3. The Hall–Kier alpha value is -1.50. The van der Waals surface area contributed by atoms with E-state index in [1.54, 1.807) is 6.92 Å². The average Bonchev–Trinajstić information content (AvgIpc) is 2.70. The van der Waals surface area contributed by atoms with Crippen LogP contribution in [0.25, 0.3) is 0 Å². The van der Waals surface area contributed by atoms with Crippen molar-refractivity contribution in [2.24, 2.45) is 0 Å². The molecule has 1 aliphatic heterocycles. The summed E-state index contributed by atoms with van der Waals surface area (Å²) >= 11 is 0. The Bertz CT molecular complexity index is 374. The zero-order valence-electron chi connectivity index (χ0n) is 10.8. The van der Waals surface area contributed by atoms with Gasteiger partial charge in [0, 0.05) is 13.0 Å². The molecule has 1 atom stereocenters. The van der Waals surface area contributed by atoms with Crippen LogP contribution in [0.2, 0.25) is 0 Å². The lowest BCUT2D eigenvalue weighted by molar-refractivity contribution is -0.139. The Balaban J connectivity index is 2.71. The van der Waals surface area contributed by atoms with E-state index < -0.39 is 43.4 Å². The second-order valence-corrected chi connectivity index (χ2v) is 4.47. The molecule has 0 aromatic rings. The van der Waals surface area contributed by atoms with Crippen molar-refractivity contribution in [1.82, 2.24) is 9.80 Å². The number of halogens is 2. The highest BCUT2D eigenvalue weighted by Crippen LogP contribution is 2.31. The highest BCUT2D eigenvalue weighted by atomic mass is 19.3. The molecule has 0 aromatic heterocycles. The minimum Gasteiger partial charge on any atom is -0.394 e. The fourth-order valence-corrected chi connectivity index (χ4v) is 2.08. The van der Waals surface area contributed by atoms with E-state index in [1.807, 2.05) is 0 Å². The van der Waals surface area contributed by atoms with Crippen LogP contribution >= 0.6 is 0 Å². The molecule has 7 heteroatoms. The standard InChI is InChI=1S/C12H18F2N2O3/c1-3-10(18)15(4-2)6-11(19)16-8-12(13,14)5-9(16)7-17/h3,9,17H,1,4-8H2,2H3. The van der Waals surface area contributed by atoms with Gasteiger partial charge in [0.1, 0.15) is 6.54 Å². The zero-order chi connectivity index (χ0) is 14.6. The van der Waals surface area contributed by atoms with Crippen molar-refractivity contribution in [1.29, 1.82) is 0 Å². The third-order valence-electron chi connectivity index (χ3n) is 3.10. The summed E-state index contributed by atoms with van der Waals surface area (Å²) in [5.74, 6) is -4.00. The van der Waals surface area contributed by atoms with Crippen LogP contribution in [0.15, 0.2) is 12.7 Å². The van der Waals surface area contributed by atoms with Crippen molar-refractivity contribution < 1.29 is 23.5 Å². The van der Waals surface area contributed by atoms with Gasteiger partial charge >= 0.3 is 0 Å². The predicted octanol–water partition coefficient (Wildman–Crippen LogP) is 0.249. The van der Waals surface area contributed by atoms with E-state index in [4.69, 9.17) is 5.11 Å². The number of amides is 2. The summed E-state index contributed by atoms with van der Waals surface area (Å²) in [6, 6.07) is -0.889. The summed E-state index contributed by atoms with van der Waals surface area (Å²) in [4.78, 5) is 25.5. The largest absolute Gasteiger partial charge is 0.394 e. The summed E-state index contributed by atoms with van der Waals surface area (Å²) < 4.78 is 26.5. The first-order valence-corrected chi connectivity index (χ1v) is 6.04. The third kappa shape index (κ3) is 3.73. The Kier molecular flexibility index (Phi) is 4.99. The van der Waals surface area contributed by atoms with Crippen molar-refractivity contribution in [3.63, 3.8) is 0 Å². The lowest BCUT2D eigenvalue weighted by Crippen LogP contribution is -2.45. The normalized spacial score (nSPS) is 21.3. The Morgan fingerprint density at radius 1 is 1.58 bits per heavy atom. The van der Waals surface area contributed by atoms with Crippen LogP contribution in [0.1, 0.15) is 13.3 Å². The quantitative estimate of drug-likeness (QED) is 0.732. The van der Waals surface area contributed by atoms with Gasteiger partial charge in [-0.3, -0.25) is 9.59 Å². The molecule has 2 amide bonds. The van der Waals surface area contributed by atoms with Crippen molar-refractivity contribution >= 4 is 11.8 Å². The number of aliphatic hydroxyl groups excluding tert-OH is 1. The van der Waals surface area contributed by atoms with Gasteiger partial charge in [0.25, 0.3) is 5.92 Å². The lowest BCUT2D eigenvalue weighted by Gasteiger charge is -2.26.